The quantitative estimate of drug-likeness (QED) is 0.827. The Balaban J connectivity index is 0.00000156. The molecule has 2 unspecified atom stereocenters. The van der Waals surface area contributed by atoms with Crippen LogP contribution in [-0.4, -0.2) is 37.0 Å². The molecular weight excluding hydrogens is 357 g/mol. The third-order valence-electron chi connectivity index (χ3n) is 5.04. The van der Waals surface area contributed by atoms with Crippen LogP contribution in [0.1, 0.15) is 38.2 Å². The van der Waals surface area contributed by atoms with E-state index in [0.717, 1.165) is 44.1 Å². The molecule has 25 heavy (non-hydrogen) atoms. The molecule has 0 spiro atoms. The number of carbonyl (C=O) groups excluding carboxylic acids is 1. The van der Waals surface area contributed by atoms with Gasteiger partial charge in [0.2, 0.25) is 5.91 Å². The van der Waals surface area contributed by atoms with Gasteiger partial charge in [-0.1, -0.05) is 19.1 Å². The first-order chi connectivity index (χ1) is 11.2. The molecule has 0 saturated carbocycles. The lowest BCUT2D eigenvalue weighted by Gasteiger charge is -2.30. The minimum absolute atomic E-state index is 0. The van der Waals surface area contributed by atoms with Crippen LogP contribution in [0.2, 0.25) is 0 Å². The monoisotopic (exact) mass is 387 g/mol. The van der Waals surface area contributed by atoms with Gasteiger partial charge in [-0.25, -0.2) is 0 Å². The third kappa shape index (κ3) is 6.78. The van der Waals surface area contributed by atoms with Crippen molar-refractivity contribution in [2.24, 2.45) is 11.8 Å². The number of likely N-dealkylation sites (tertiary alicyclic amines) is 1. The van der Waals surface area contributed by atoms with E-state index in [-0.39, 0.29) is 36.6 Å². The van der Waals surface area contributed by atoms with Gasteiger partial charge in [0.25, 0.3) is 0 Å². The number of piperidine rings is 2. The molecule has 0 aromatic heterocycles. The topological polar surface area (TPSA) is 44.4 Å². The van der Waals surface area contributed by atoms with E-state index in [1.807, 2.05) is 12.1 Å². The number of hydrogen-bond acceptors (Lipinski definition) is 3. The summed E-state index contributed by atoms with van der Waals surface area (Å²) < 4.78 is 0. The SMILES string of the molecule is CC1CCCN(Cc2ccc(NC(=O)C3CCCNC3)cc2)C1.Cl.Cl. The second-order valence-electron chi connectivity index (χ2n) is 7.21. The first-order valence-corrected chi connectivity index (χ1v) is 9.03. The van der Waals surface area contributed by atoms with E-state index >= 15 is 0 Å². The van der Waals surface area contributed by atoms with Crippen molar-refractivity contribution >= 4 is 36.4 Å². The van der Waals surface area contributed by atoms with Gasteiger partial charge in [-0.3, -0.25) is 9.69 Å². The average Bonchev–Trinajstić information content (AvgIpc) is 2.57. The van der Waals surface area contributed by atoms with Gasteiger partial charge >= 0.3 is 0 Å². The average molecular weight is 388 g/mol. The second-order valence-corrected chi connectivity index (χ2v) is 7.21. The zero-order valence-corrected chi connectivity index (χ0v) is 16.6. The number of nitrogens with zero attached hydrogens (tertiary/aromatic N) is 1. The Kier molecular flexibility index (Phi) is 9.80. The van der Waals surface area contributed by atoms with Gasteiger partial charge in [0, 0.05) is 25.3 Å². The highest BCUT2D eigenvalue weighted by atomic mass is 35.5. The van der Waals surface area contributed by atoms with Crippen LogP contribution in [0.25, 0.3) is 0 Å². The Morgan fingerprint density at radius 2 is 1.96 bits per heavy atom. The van der Waals surface area contributed by atoms with Crippen molar-refractivity contribution in [1.82, 2.24) is 10.2 Å². The molecule has 2 fully saturated rings. The van der Waals surface area contributed by atoms with Gasteiger partial charge in [-0.15, -0.1) is 24.8 Å². The summed E-state index contributed by atoms with van der Waals surface area (Å²) in [7, 11) is 0. The highest BCUT2D eigenvalue weighted by Crippen LogP contribution is 2.19. The third-order valence-corrected chi connectivity index (χ3v) is 5.04. The van der Waals surface area contributed by atoms with Crippen LogP contribution in [-0.2, 0) is 11.3 Å². The number of halogens is 2. The summed E-state index contributed by atoms with van der Waals surface area (Å²) in [4.78, 5) is 14.8. The van der Waals surface area contributed by atoms with Crippen molar-refractivity contribution in [2.75, 3.05) is 31.5 Å². The van der Waals surface area contributed by atoms with Gasteiger partial charge < -0.3 is 10.6 Å². The van der Waals surface area contributed by atoms with Crippen LogP contribution in [0, 0.1) is 11.8 Å². The largest absolute Gasteiger partial charge is 0.326 e. The molecular formula is C19H31Cl2N3O. The lowest BCUT2D eigenvalue weighted by atomic mass is 9.98. The molecule has 1 amide bonds. The van der Waals surface area contributed by atoms with Crippen molar-refractivity contribution in [1.29, 1.82) is 0 Å². The molecule has 2 aliphatic rings. The van der Waals surface area contributed by atoms with E-state index in [9.17, 15) is 4.79 Å². The number of carbonyl (C=O) groups is 1. The van der Waals surface area contributed by atoms with E-state index < -0.39 is 0 Å². The van der Waals surface area contributed by atoms with Crippen LogP contribution in [0.15, 0.2) is 24.3 Å². The predicted molar refractivity (Wildman–Crippen MR) is 109 cm³/mol. The lowest BCUT2D eigenvalue weighted by molar-refractivity contribution is -0.120. The molecule has 1 aromatic carbocycles. The van der Waals surface area contributed by atoms with E-state index in [1.54, 1.807) is 0 Å². The maximum atomic E-state index is 12.2. The standard InChI is InChI=1S/C19H29N3O.2ClH/c1-15-4-3-11-22(13-15)14-16-6-8-18(9-7-16)21-19(23)17-5-2-10-20-12-17;;/h6-9,15,17,20H,2-5,10-14H2,1H3,(H,21,23);2*1H. The predicted octanol–water partition coefficient (Wildman–Crippen LogP) is 3.70. The number of anilines is 1. The molecule has 2 saturated heterocycles. The van der Waals surface area contributed by atoms with Crippen molar-refractivity contribution in [3.63, 3.8) is 0 Å². The van der Waals surface area contributed by atoms with Crippen molar-refractivity contribution in [2.45, 2.75) is 39.2 Å². The highest BCUT2D eigenvalue weighted by molar-refractivity contribution is 5.92. The van der Waals surface area contributed by atoms with Gasteiger partial charge in [0.1, 0.15) is 0 Å². The first kappa shape index (κ1) is 22.2. The molecule has 4 nitrogen and oxygen atoms in total. The highest BCUT2D eigenvalue weighted by Gasteiger charge is 2.21. The number of nitrogens with one attached hydrogen (secondary N) is 2. The van der Waals surface area contributed by atoms with E-state index in [0.29, 0.717) is 0 Å². The van der Waals surface area contributed by atoms with E-state index in [4.69, 9.17) is 0 Å². The van der Waals surface area contributed by atoms with E-state index in [2.05, 4.69) is 34.6 Å². The number of amides is 1. The van der Waals surface area contributed by atoms with E-state index in [1.165, 1.54) is 31.5 Å². The van der Waals surface area contributed by atoms with Gasteiger partial charge in [-0.2, -0.15) is 0 Å². The summed E-state index contributed by atoms with van der Waals surface area (Å²) in [5.74, 6) is 1.07. The van der Waals surface area contributed by atoms with Crippen LogP contribution in [0.5, 0.6) is 0 Å². The molecule has 0 aliphatic carbocycles. The summed E-state index contributed by atoms with van der Waals surface area (Å²) >= 11 is 0. The molecule has 0 bridgehead atoms. The summed E-state index contributed by atoms with van der Waals surface area (Å²) in [6, 6.07) is 8.37. The second kappa shape index (κ2) is 11.0. The normalized spacial score (nSPS) is 23.9. The number of hydrogen-bond donors (Lipinski definition) is 2. The molecule has 2 N–H and O–H groups in total. The fourth-order valence-electron chi connectivity index (χ4n) is 3.70. The maximum Gasteiger partial charge on any atom is 0.228 e. The maximum absolute atomic E-state index is 12.2. The van der Waals surface area contributed by atoms with Gasteiger partial charge in [0.05, 0.1) is 5.92 Å². The van der Waals surface area contributed by atoms with Gasteiger partial charge in [0.15, 0.2) is 0 Å². The Hall–Kier alpha value is -0.810. The summed E-state index contributed by atoms with van der Waals surface area (Å²) in [5.41, 5.74) is 2.24. The van der Waals surface area contributed by atoms with Crippen molar-refractivity contribution < 1.29 is 4.79 Å². The molecule has 3 rings (SSSR count). The summed E-state index contributed by atoms with van der Waals surface area (Å²) in [5, 5.41) is 6.35. The molecule has 6 heteroatoms. The van der Waals surface area contributed by atoms with Crippen LogP contribution >= 0.6 is 24.8 Å². The summed E-state index contributed by atoms with van der Waals surface area (Å²) in [6.45, 7) is 7.60. The number of benzene rings is 1. The Morgan fingerprint density at radius 1 is 1.20 bits per heavy atom. The lowest BCUT2D eigenvalue weighted by Crippen LogP contribution is -2.37. The smallest absolute Gasteiger partial charge is 0.228 e. The van der Waals surface area contributed by atoms with Gasteiger partial charge in [-0.05, 0) is 62.4 Å². The molecule has 2 heterocycles. The molecule has 2 atom stereocenters. The minimum Gasteiger partial charge on any atom is -0.326 e. The molecule has 1 aromatic rings. The Bertz CT molecular complexity index is 518. The summed E-state index contributed by atoms with van der Waals surface area (Å²) in [6.07, 6.45) is 4.75. The first-order valence-electron chi connectivity index (χ1n) is 9.03. The Morgan fingerprint density at radius 3 is 2.60 bits per heavy atom. The molecule has 142 valence electrons. The van der Waals surface area contributed by atoms with Crippen LogP contribution in [0.4, 0.5) is 5.69 Å². The fourth-order valence-corrected chi connectivity index (χ4v) is 3.70. The minimum atomic E-state index is 0. The van der Waals surface area contributed by atoms with Crippen molar-refractivity contribution in [3.8, 4) is 0 Å². The fraction of sp³-hybridized carbons (Fsp3) is 0.632. The van der Waals surface area contributed by atoms with Crippen LogP contribution in [0.3, 0.4) is 0 Å². The Labute approximate surface area is 163 Å². The zero-order valence-electron chi connectivity index (χ0n) is 15.0. The zero-order chi connectivity index (χ0) is 16.1. The number of rotatable bonds is 4. The molecule has 2 aliphatic heterocycles. The van der Waals surface area contributed by atoms with Crippen LogP contribution < -0.4 is 10.6 Å². The molecule has 0 radical (unpaired) electrons. The van der Waals surface area contributed by atoms with Crippen molar-refractivity contribution in [3.05, 3.63) is 29.8 Å².